The third-order valence-corrected chi connectivity index (χ3v) is 4.91. The minimum atomic E-state index is -0.426. The lowest BCUT2D eigenvalue weighted by Crippen LogP contribution is -2.12. The van der Waals surface area contributed by atoms with Crippen LogP contribution in [0.25, 0.3) is 0 Å². The fourth-order valence-electron chi connectivity index (χ4n) is 2.36. The minimum absolute atomic E-state index is 0.0260. The number of halogens is 2. The molecule has 5 nitrogen and oxygen atoms in total. The monoisotopic (exact) mass is 421 g/mol. The largest absolute Gasteiger partial charge is 0.407 e. The number of carbonyl (C=O) groups is 1. The van der Waals surface area contributed by atoms with Crippen molar-refractivity contribution < 1.29 is 9.21 Å². The first kappa shape index (κ1) is 19.7. The molecule has 1 heterocycles. The van der Waals surface area contributed by atoms with Gasteiger partial charge in [0.25, 0.3) is 5.91 Å². The van der Waals surface area contributed by atoms with Crippen LogP contribution >= 0.6 is 35.0 Å². The second-order valence-electron chi connectivity index (χ2n) is 6.10. The summed E-state index contributed by atoms with van der Waals surface area (Å²) < 4.78 is 5.51. The van der Waals surface area contributed by atoms with Crippen molar-refractivity contribution in [3.63, 3.8) is 0 Å². The Labute approximate surface area is 171 Å². The SMILES string of the molecule is CC(C)Sc1ccc(Cc2nnc(NC(=O)c3cc(Cl)cc(Cl)c3)o2)cc1. The van der Waals surface area contributed by atoms with Crippen molar-refractivity contribution in [1.82, 2.24) is 10.2 Å². The maximum Gasteiger partial charge on any atom is 0.322 e. The highest BCUT2D eigenvalue weighted by Crippen LogP contribution is 2.24. The molecular weight excluding hydrogens is 405 g/mol. The Morgan fingerprint density at radius 2 is 1.78 bits per heavy atom. The number of thioether (sulfide) groups is 1. The van der Waals surface area contributed by atoms with E-state index in [1.165, 1.54) is 17.0 Å². The van der Waals surface area contributed by atoms with Crippen LogP contribution in [0.5, 0.6) is 0 Å². The van der Waals surface area contributed by atoms with Gasteiger partial charge in [0.2, 0.25) is 5.89 Å². The van der Waals surface area contributed by atoms with Crippen molar-refractivity contribution >= 4 is 46.9 Å². The molecule has 1 aromatic heterocycles. The molecule has 1 amide bonds. The van der Waals surface area contributed by atoms with Crippen LogP contribution in [0, 0.1) is 0 Å². The predicted octanol–water partition coefficient (Wildman–Crippen LogP) is 5.72. The van der Waals surface area contributed by atoms with E-state index in [2.05, 4.69) is 41.5 Å². The average Bonchev–Trinajstić information content (AvgIpc) is 3.02. The second-order valence-corrected chi connectivity index (χ2v) is 8.62. The van der Waals surface area contributed by atoms with Crippen molar-refractivity contribution in [3.05, 3.63) is 69.5 Å². The number of aromatic nitrogens is 2. The lowest BCUT2D eigenvalue weighted by Gasteiger charge is -2.05. The number of nitrogens with zero attached hydrogens (tertiary/aromatic N) is 2. The Morgan fingerprint density at radius 3 is 2.41 bits per heavy atom. The van der Waals surface area contributed by atoms with Crippen molar-refractivity contribution in [3.8, 4) is 0 Å². The summed E-state index contributed by atoms with van der Waals surface area (Å²) in [5.74, 6) is -0.0108. The summed E-state index contributed by atoms with van der Waals surface area (Å²) in [6.45, 7) is 4.31. The molecule has 0 atom stereocenters. The molecule has 8 heteroatoms. The van der Waals surface area contributed by atoms with Gasteiger partial charge in [-0.2, -0.15) is 0 Å². The van der Waals surface area contributed by atoms with Crippen molar-refractivity contribution in [2.75, 3.05) is 5.32 Å². The van der Waals surface area contributed by atoms with Crippen molar-refractivity contribution in [2.24, 2.45) is 0 Å². The minimum Gasteiger partial charge on any atom is -0.407 e. The Hall–Kier alpha value is -2.02. The number of hydrogen-bond donors (Lipinski definition) is 1. The normalized spacial score (nSPS) is 11.0. The summed E-state index contributed by atoms with van der Waals surface area (Å²) in [6.07, 6.45) is 0.485. The third kappa shape index (κ3) is 5.73. The molecule has 0 radical (unpaired) electrons. The number of hydrogen-bond acceptors (Lipinski definition) is 5. The van der Waals surface area contributed by atoms with Gasteiger partial charge in [0.1, 0.15) is 0 Å². The number of rotatable bonds is 6. The summed E-state index contributed by atoms with van der Waals surface area (Å²) in [6, 6.07) is 12.8. The van der Waals surface area contributed by atoms with E-state index in [-0.39, 0.29) is 6.01 Å². The van der Waals surface area contributed by atoms with Crippen LogP contribution in [0.2, 0.25) is 10.0 Å². The fourth-order valence-corrected chi connectivity index (χ4v) is 3.73. The van der Waals surface area contributed by atoms with Gasteiger partial charge in [0, 0.05) is 25.8 Å². The lowest BCUT2D eigenvalue weighted by molar-refractivity contribution is 0.102. The van der Waals surface area contributed by atoms with Gasteiger partial charge in [-0.15, -0.1) is 16.9 Å². The zero-order chi connectivity index (χ0) is 19.4. The summed E-state index contributed by atoms with van der Waals surface area (Å²) >= 11 is 13.6. The predicted molar refractivity (Wildman–Crippen MR) is 109 cm³/mol. The highest BCUT2D eigenvalue weighted by atomic mass is 35.5. The standard InChI is InChI=1S/C19H17Cl2N3O2S/c1-11(2)27-16-5-3-12(4-6-16)7-17-23-24-19(26-17)22-18(25)13-8-14(20)10-15(21)9-13/h3-6,8-11H,7H2,1-2H3,(H,22,24,25). The van der Waals surface area contributed by atoms with Gasteiger partial charge in [0.05, 0.1) is 6.42 Å². The highest BCUT2D eigenvalue weighted by molar-refractivity contribution is 7.99. The van der Waals surface area contributed by atoms with Gasteiger partial charge in [-0.25, -0.2) is 0 Å². The van der Waals surface area contributed by atoms with Gasteiger partial charge in [-0.05, 0) is 35.9 Å². The number of benzene rings is 2. The fraction of sp³-hybridized carbons (Fsp3) is 0.211. The molecule has 0 aliphatic heterocycles. The van der Waals surface area contributed by atoms with Crippen LogP contribution in [0.1, 0.15) is 35.7 Å². The molecule has 0 unspecified atom stereocenters. The number of carbonyl (C=O) groups excluding carboxylic acids is 1. The summed E-state index contributed by atoms with van der Waals surface area (Å²) in [5.41, 5.74) is 1.36. The molecule has 3 aromatic rings. The van der Waals surface area contributed by atoms with Crippen LogP contribution in [0.4, 0.5) is 6.01 Å². The molecule has 1 N–H and O–H groups in total. The van der Waals surface area contributed by atoms with Gasteiger partial charge in [-0.1, -0.05) is 54.3 Å². The molecule has 0 bridgehead atoms. The van der Waals surface area contributed by atoms with Crippen molar-refractivity contribution in [2.45, 2.75) is 30.4 Å². The topological polar surface area (TPSA) is 68.0 Å². The first-order valence-electron chi connectivity index (χ1n) is 8.24. The van der Waals surface area contributed by atoms with E-state index in [4.69, 9.17) is 27.6 Å². The molecule has 3 rings (SSSR count). The number of anilines is 1. The Bertz CT molecular complexity index is 922. The molecule has 0 aliphatic carbocycles. The third-order valence-electron chi connectivity index (χ3n) is 3.46. The maximum absolute atomic E-state index is 12.3. The van der Waals surface area contributed by atoms with Crippen LogP contribution in [-0.4, -0.2) is 21.4 Å². The lowest BCUT2D eigenvalue weighted by atomic mass is 10.1. The maximum atomic E-state index is 12.3. The quantitative estimate of drug-likeness (QED) is 0.515. The molecule has 27 heavy (non-hydrogen) atoms. The van der Waals surface area contributed by atoms with Crippen LogP contribution in [-0.2, 0) is 6.42 Å². The zero-order valence-corrected chi connectivity index (χ0v) is 17.0. The molecule has 0 saturated heterocycles. The van der Waals surface area contributed by atoms with Crippen LogP contribution < -0.4 is 5.32 Å². The summed E-state index contributed by atoms with van der Waals surface area (Å²) in [7, 11) is 0. The van der Waals surface area contributed by atoms with Crippen LogP contribution in [0.15, 0.2) is 51.8 Å². The molecule has 0 aliphatic rings. The Balaban J connectivity index is 1.63. The second kappa shape index (κ2) is 8.78. The van der Waals surface area contributed by atoms with E-state index >= 15 is 0 Å². The molecule has 140 valence electrons. The van der Waals surface area contributed by atoms with Gasteiger partial charge in [-0.3, -0.25) is 10.1 Å². The van der Waals surface area contributed by atoms with E-state index in [9.17, 15) is 4.79 Å². The zero-order valence-electron chi connectivity index (χ0n) is 14.7. The highest BCUT2D eigenvalue weighted by Gasteiger charge is 2.13. The van der Waals surface area contributed by atoms with Gasteiger partial charge in [0.15, 0.2) is 0 Å². The van der Waals surface area contributed by atoms with E-state index in [1.807, 2.05) is 12.1 Å². The molecule has 2 aromatic carbocycles. The smallest absolute Gasteiger partial charge is 0.322 e. The van der Waals surface area contributed by atoms with E-state index in [1.54, 1.807) is 17.8 Å². The summed E-state index contributed by atoms with van der Waals surface area (Å²) in [4.78, 5) is 13.5. The van der Waals surface area contributed by atoms with Crippen molar-refractivity contribution in [1.29, 1.82) is 0 Å². The average molecular weight is 422 g/mol. The summed E-state index contributed by atoms with van der Waals surface area (Å²) in [5, 5.41) is 11.7. The molecular formula is C19H17Cl2N3O2S. The first-order chi connectivity index (χ1) is 12.9. The number of amides is 1. The molecule has 0 spiro atoms. The first-order valence-corrected chi connectivity index (χ1v) is 9.88. The Kier molecular flexibility index (Phi) is 6.42. The molecule has 0 fully saturated rings. The van der Waals surface area contributed by atoms with E-state index < -0.39 is 5.91 Å². The van der Waals surface area contributed by atoms with Crippen LogP contribution in [0.3, 0.4) is 0 Å². The van der Waals surface area contributed by atoms with Gasteiger partial charge >= 0.3 is 6.01 Å². The Morgan fingerprint density at radius 1 is 1.11 bits per heavy atom. The van der Waals surface area contributed by atoms with E-state index in [0.717, 1.165) is 5.56 Å². The molecule has 0 saturated carbocycles. The van der Waals surface area contributed by atoms with E-state index in [0.29, 0.717) is 33.2 Å². The number of nitrogens with one attached hydrogen (secondary N) is 1. The van der Waals surface area contributed by atoms with Gasteiger partial charge < -0.3 is 4.42 Å².